The average Bonchev–Trinajstić information content (AvgIpc) is 3.93. The first-order valence-electron chi connectivity index (χ1n) is 22.4. The van der Waals surface area contributed by atoms with Crippen LogP contribution in [-0.2, 0) is 28.5 Å². The van der Waals surface area contributed by atoms with Crippen LogP contribution in [0.4, 0.5) is 0 Å². The van der Waals surface area contributed by atoms with E-state index in [1.165, 1.54) is 44.9 Å². The molecule has 0 aromatic rings. The van der Waals surface area contributed by atoms with E-state index in [4.69, 9.17) is 23.7 Å². The third kappa shape index (κ3) is 15.6. The van der Waals surface area contributed by atoms with Gasteiger partial charge in [-0.3, -0.25) is 4.79 Å². The predicted molar refractivity (Wildman–Crippen MR) is 208 cm³/mol. The van der Waals surface area contributed by atoms with Crippen molar-refractivity contribution in [2.45, 2.75) is 254 Å². The van der Waals surface area contributed by atoms with E-state index in [2.05, 4.69) is 6.92 Å². The molecule has 4 saturated heterocycles. The summed E-state index contributed by atoms with van der Waals surface area (Å²) in [7, 11) is 0. The monoisotopic (exact) mass is 787 g/mol. The van der Waals surface area contributed by atoms with E-state index in [0.29, 0.717) is 19.3 Å². The predicted octanol–water partition coefficient (Wildman–Crippen LogP) is 5.76. The fourth-order valence-electron chi connectivity index (χ4n) is 9.10. The lowest BCUT2D eigenvalue weighted by Crippen LogP contribution is -2.60. The fourth-order valence-corrected chi connectivity index (χ4v) is 9.10. The van der Waals surface area contributed by atoms with Gasteiger partial charge in [0.05, 0.1) is 61.4 Å². The van der Waals surface area contributed by atoms with Crippen LogP contribution >= 0.6 is 0 Å². The number of carbonyl (C=O) groups excluding carboxylic acids is 1. The Labute approximate surface area is 331 Å². The molecule has 4 rings (SSSR count). The van der Waals surface area contributed by atoms with Crippen LogP contribution in [0.1, 0.15) is 174 Å². The van der Waals surface area contributed by atoms with Gasteiger partial charge in [0.15, 0.2) is 6.29 Å². The standard InChI is InChI=1S/C43H78O12/c1-3-4-5-15-19-31(45)20-17-21-32(46)33-23-24-36(52-33)37-26-25-35(53-37)34(54-43-41(49)40(48)39(47)38(28-44)55-43)22-16-13-11-9-7-6-8-10-12-14-18-30-27-29(2)51-42(30)50/h29-41,43-49H,3-28H2,1-2H3/t29-,30+,31-,32-,33+,34+,35+,36+,37+,38+,39+,40-,41+,43-/m0/s1. The minimum Gasteiger partial charge on any atom is -0.462 e. The smallest absolute Gasteiger partial charge is 0.309 e. The van der Waals surface area contributed by atoms with Crippen LogP contribution in [0.5, 0.6) is 0 Å². The maximum atomic E-state index is 11.8. The first kappa shape index (κ1) is 46.8. The molecule has 55 heavy (non-hydrogen) atoms. The quantitative estimate of drug-likeness (QED) is 0.0417. The van der Waals surface area contributed by atoms with E-state index < -0.39 is 49.5 Å². The molecule has 0 aromatic heterocycles. The van der Waals surface area contributed by atoms with E-state index in [9.17, 15) is 35.4 Å². The molecule has 14 atom stereocenters. The van der Waals surface area contributed by atoms with Gasteiger partial charge in [-0.15, -0.1) is 0 Å². The summed E-state index contributed by atoms with van der Waals surface area (Å²) < 4.78 is 30.3. The zero-order valence-corrected chi connectivity index (χ0v) is 34.1. The minimum atomic E-state index is -1.51. The highest BCUT2D eigenvalue weighted by Crippen LogP contribution is 2.36. The second kappa shape index (κ2) is 25.5. The number of unbranched alkanes of at least 4 members (excludes halogenated alkanes) is 12. The Balaban J connectivity index is 1.16. The van der Waals surface area contributed by atoms with Crippen molar-refractivity contribution >= 4 is 5.97 Å². The van der Waals surface area contributed by atoms with Gasteiger partial charge < -0.3 is 54.3 Å². The molecule has 0 spiro atoms. The highest BCUT2D eigenvalue weighted by Gasteiger charge is 2.47. The van der Waals surface area contributed by atoms with Crippen LogP contribution < -0.4 is 0 Å². The van der Waals surface area contributed by atoms with Crippen LogP contribution in [-0.4, -0.2) is 123 Å². The van der Waals surface area contributed by atoms with Crippen molar-refractivity contribution in [2.75, 3.05) is 6.61 Å². The molecule has 6 N–H and O–H groups in total. The number of esters is 1. The number of hydrogen-bond donors (Lipinski definition) is 6. The van der Waals surface area contributed by atoms with Gasteiger partial charge in [0, 0.05) is 0 Å². The van der Waals surface area contributed by atoms with Crippen molar-refractivity contribution in [2.24, 2.45) is 5.92 Å². The second-order valence-corrected chi connectivity index (χ2v) is 17.2. The lowest BCUT2D eigenvalue weighted by Gasteiger charge is -2.41. The van der Waals surface area contributed by atoms with Gasteiger partial charge >= 0.3 is 5.97 Å². The maximum Gasteiger partial charge on any atom is 0.309 e. The molecule has 4 fully saturated rings. The third-order valence-corrected chi connectivity index (χ3v) is 12.6. The zero-order valence-electron chi connectivity index (χ0n) is 34.1. The Morgan fingerprint density at radius 2 is 1.25 bits per heavy atom. The summed E-state index contributed by atoms with van der Waals surface area (Å²) in [5.74, 6) is 0.0795. The largest absolute Gasteiger partial charge is 0.462 e. The number of carbonyl (C=O) groups is 1. The van der Waals surface area contributed by atoms with Crippen LogP contribution in [0.15, 0.2) is 0 Å². The summed E-state index contributed by atoms with van der Waals surface area (Å²) in [6.45, 7) is 3.63. The van der Waals surface area contributed by atoms with E-state index >= 15 is 0 Å². The summed E-state index contributed by atoms with van der Waals surface area (Å²) in [6, 6.07) is 0. The summed E-state index contributed by atoms with van der Waals surface area (Å²) in [5, 5.41) is 62.4. The molecule has 0 aromatic carbocycles. The summed E-state index contributed by atoms with van der Waals surface area (Å²) in [4.78, 5) is 11.8. The highest BCUT2D eigenvalue weighted by molar-refractivity contribution is 5.74. The van der Waals surface area contributed by atoms with Crippen molar-refractivity contribution < 1.29 is 59.1 Å². The van der Waals surface area contributed by atoms with Crippen LogP contribution in [0.3, 0.4) is 0 Å². The number of rotatable bonds is 28. The Kier molecular flexibility index (Phi) is 21.7. The van der Waals surface area contributed by atoms with Crippen LogP contribution in [0.25, 0.3) is 0 Å². The van der Waals surface area contributed by atoms with Gasteiger partial charge in [0.25, 0.3) is 0 Å². The van der Waals surface area contributed by atoms with Crippen LogP contribution in [0.2, 0.25) is 0 Å². The SMILES string of the molecule is CCCCCC[C@H](O)CCC[C@H](O)[C@H]1CC[C@H]([C@H]2CC[C@H]([C@@H](CCCCCCCCCCCC[C@@H]3C[C@H](C)OC3=O)O[C@H]3O[C@H](CO)[C@@H](O)[C@H](O)[C@H]3O)O2)O1. The van der Waals surface area contributed by atoms with Crippen molar-refractivity contribution in [1.29, 1.82) is 0 Å². The molecule has 4 aliphatic rings. The number of aliphatic hydroxyl groups excluding tert-OH is 6. The van der Waals surface area contributed by atoms with Crippen LogP contribution in [0, 0.1) is 5.92 Å². The third-order valence-electron chi connectivity index (χ3n) is 12.6. The zero-order chi connectivity index (χ0) is 39.6. The Hall–Kier alpha value is -0.930. The summed E-state index contributed by atoms with van der Waals surface area (Å²) in [6.07, 6.45) is 15.6. The lowest BCUT2D eigenvalue weighted by molar-refractivity contribution is -0.318. The molecular weight excluding hydrogens is 708 g/mol. The topological polar surface area (TPSA) is 185 Å². The minimum absolute atomic E-state index is 0.0176. The van der Waals surface area contributed by atoms with Gasteiger partial charge in [0.1, 0.15) is 24.4 Å². The van der Waals surface area contributed by atoms with Crippen molar-refractivity contribution in [3.05, 3.63) is 0 Å². The number of ether oxygens (including phenoxy) is 5. The number of aliphatic hydroxyl groups is 6. The molecule has 12 heteroatoms. The molecule has 0 unspecified atom stereocenters. The molecule has 322 valence electrons. The number of hydrogen-bond acceptors (Lipinski definition) is 12. The van der Waals surface area contributed by atoms with Gasteiger partial charge in [-0.1, -0.05) is 96.8 Å². The van der Waals surface area contributed by atoms with Crippen molar-refractivity contribution in [3.8, 4) is 0 Å². The van der Waals surface area contributed by atoms with E-state index in [-0.39, 0.29) is 48.5 Å². The highest BCUT2D eigenvalue weighted by atomic mass is 16.7. The normalized spacial score (nSPS) is 34.3. The van der Waals surface area contributed by atoms with Gasteiger partial charge in [-0.05, 0) is 77.6 Å². The Morgan fingerprint density at radius 1 is 0.673 bits per heavy atom. The maximum absolute atomic E-state index is 11.8. The van der Waals surface area contributed by atoms with E-state index in [0.717, 1.165) is 96.3 Å². The molecule has 4 aliphatic heterocycles. The molecule has 0 saturated carbocycles. The molecule has 0 bridgehead atoms. The molecular formula is C43H78O12. The Morgan fingerprint density at radius 3 is 1.89 bits per heavy atom. The van der Waals surface area contributed by atoms with Crippen molar-refractivity contribution in [3.63, 3.8) is 0 Å². The summed E-state index contributed by atoms with van der Waals surface area (Å²) in [5.41, 5.74) is 0. The average molecular weight is 787 g/mol. The van der Waals surface area contributed by atoms with E-state index in [1.807, 2.05) is 6.92 Å². The molecule has 4 heterocycles. The molecule has 0 amide bonds. The van der Waals surface area contributed by atoms with Gasteiger partial charge in [0.2, 0.25) is 0 Å². The lowest BCUT2D eigenvalue weighted by atomic mass is 9.97. The fraction of sp³-hybridized carbons (Fsp3) is 0.977. The van der Waals surface area contributed by atoms with Crippen molar-refractivity contribution in [1.82, 2.24) is 0 Å². The molecule has 12 nitrogen and oxygen atoms in total. The Bertz CT molecular complexity index is 1030. The first-order valence-corrected chi connectivity index (χ1v) is 22.4. The molecule has 0 aliphatic carbocycles. The molecule has 0 radical (unpaired) electrons. The summed E-state index contributed by atoms with van der Waals surface area (Å²) >= 11 is 0. The van der Waals surface area contributed by atoms with Gasteiger partial charge in [-0.2, -0.15) is 0 Å². The van der Waals surface area contributed by atoms with E-state index in [1.54, 1.807) is 0 Å². The second-order valence-electron chi connectivity index (χ2n) is 17.2. The number of cyclic esters (lactones) is 1. The van der Waals surface area contributed by atoms with Gasteiger partial charge in [-0.25, -0.2) is 0 Å². The first-order chi connectivity index (χ1) is 26.6.